The summed E-state index contributed by atoms with van der Waals surface area (Å²) < 4.78 is 32.9. The molecule has 0 saturated carbocycles. The van der Waals surface area contributed by atoms with Gasteiger partial charge in [0.2, 0.25) is 0 Å². The van der Waals surface area contributed by atoms with Crippen LogP contribution in [0.4, 0.5) is 11.4 Å². The number of amides is 1. The van der Waals surface area contributed by atoms with Crippen LogP contribution in [0.3, 0.4) is 0 Å². The zero-order chi connectivity index (χ0) is 23.6. The van der Waals surface area contributed by atoms with Crippen LogP contribution in [0.5, 0.6) is 5.75 Å². The first-order valence-corrected chi connectivity index (χ1v) is 11.8. The Hall–Kier alpha value is -3.56. The molecule has 33 heavy (non-hydrogen) atoms. The maximum atomic E-state index is 12.7. The maximum Gasteiger partial charge on any atom is 0.342 e. The fraction of sp³-hybridized carbons (Fsp3) is 0.130. The van der Waals surface area contributed by atoms with E-state index in [1.165, 1.54) is 17.0 Å². The highest BCUT2D eigenvalue weighted by Gasteiger charge is 2.26. The van der Waals surface area contributed by atoms with Crippen LogP contribution < -0.4 is 9.62 Å². The standard InChI is InChI=1S/C23H19ClN2O6S/c24-18-6-2-3-7-19(18)25-33(30,31)16-9-10-21(27)17(13-16)23(29)32-14-22(28)26-12-11-15-5-1-4-8-20(15)26/h1-10,13,25,27H,11-12,14H2. The lowest BCUT2D eigenvalue weighted by Gasteiger charge is -2.17. The largest absolute Gasteiger partial charge is 0.507 e. The summed E-state index contributed by atoms with van der Waals surface area (Å²) in [5, 5.41) is 10.3. The number of phenols is 1. The molecule has 1 heterocycles. The number of nitrogens with zero attached hydrogens (tertiary/aromatic N) is 1. The Morgan fingerprint density at radius 2 is 1.79 bits per heavy atom. The van der Waals surface area contributed by atoms with Crippen molar-refractivity contribution in [1.29, 1.82) is 0 Å². The van der Waals surface area contributed by atoms with E-state index in [-0.39, 0.29) is 21.2 Å². The smallest absolute Gasteiger partial charge is 0.342 e. The van der Waals surface area contributed by atoms with E-state index >= 15 is 0 Å². The molecule has 1 aliphatic heterocycles. The Labute approximate surface area is 195 Å². The summed E-state index contributed by atoms with van der Waals surface area (Å²) in [6, 6.07) is 16.9. The van der Waals surface area contributed by atoms with Crippen LogP contribution in [0.1, 0.15) is 15.9 Å². The third-order valence-electron chi connectivity index (χ3n) is 5.13. The Morgan fingerprint density at radius 3 is 2.58 bits per heavy atom. The average Bonchev–Trinajstić information content (AvgIpc) is 3.23. The van der Waals surface area contributed by atoms with Crippen molar-refractivity contribution < 1.29 is 27.9 Å². The lowest BCUT2D eigenvalue weighted by Crippen LogP contribution is -2.33. The number of fused-ring (bicyclic) bond motifs is 1. The molecule has 10 heteroatoms. The van der Waals surface area contributed by atoms with Crippen molar-refractivity contribution in [3.05, 3.63) is 82.9 Å². The minimum absolute atomic E-state index is 0.160. The highest BCUT2D eigenvalue weighted by molar-refractivity contribution is 7.92. The molecule has 0 atom stereocenters. The second kappa shape index (κ2) is 9.13. The van der Waals surface area contributed by atoms with Crippen LogP contribution in [0.2, 0.25) is 5.02 Å². The number of benzene rings is 3. The third kappa shape index (κ3) is 4.79. The number of para-hydroxylation sites is 2. The van der Waals surface area contributed by atoms with Crippen LogP contribution in [-0.2, 0) is 26.0 Å². The van der Waals surface area contributed by atoms with Crippen molar-refractivity contribution in [2.24, 2.45) is 0 Å². The van der Waals surface area contributed by atoms with Gasteiger partial charge in [-0.15, -0.1) is 0 Å². The Balaban J connectivity index is 1.48. The first-order chi connectivity index (χ1) is 15.8. The minimum Gasteiger partial charge on any atom is -0.507 e. The molecule has 1 aliphatic rings. The Morgan fingerprint density at radius 1 is 1.06 bits per heavy atom. The summed E-state index contributed by atoms with van der Waals surface area (Å²) in [4.78, 5) is 26.3. The minimum atomic E-state index is -4.11. The molecule has 0 fully saturated rings. The van der Waals surface area contributed by atoms with E-state index in [0.29, 0.717) is 13.0 Å². The predicted octanol–water partition coefficient (Wildman–Crippen LogP) is 3.59. The van der Waals surface area contributed by atoms with E-state index < -0.39 is 34.3 Å². The van der Waals surface area contributed by atoms with Gasteiger partial charge in [0, 0.05) is 12.2 Å². The number of aromatic hydroxyl groups is 1. The van der Waals surface area contributed by atoms with Crippen LogP contribution in [-0.4, -0.2) is 38.6 Å². The van der Waals surface area contributed by atoms with Gasteiger partial charge in [0.25, 0.3) is 15.9 Å². The van der Waals surface area contributed by atoms with Gasteiger partial charge in [-0.1, -0.05) is 41.9 Å². The molecule has 4 rings (SSSR count). The van der Waals surface area contributed by atoms with E-state index in [4.69, 9.17) is 16.3 Å². The second-order valence-corrected chi connectivity index (χ2v) is 9.35. The SMILES string of the molecule is O=C(OCC(=O)N1CCc2ccccc21)c1cc(S(=O)(=O)Nc2ccccc2Cl)ccc1O. The highest BCUT2D eigenvalue weighted by Crippen LogP contribution is 2.29. The summed E-state index contributed by atoms with van der Waals surface area (Å²) in [6.07, 6.45) is 0.703. The van der Waals surface area contributed by atoms with Crippen LogP contribution in [0, 0.1) is 0 Å². The van der Waals surface area contributed by atoms with Crippen molar-refractivity contribution in [2.75, 3.05) is 22.8 Å². The fourth-order valence-corrected chi connectivity index (χ4v) is 4.82. The van der Waals surface area contributed by atoms with Crippen LogP contribution in [0.25, 0.3) is 0 Å². The van der Waals surface area contributed by atoms with Gasteiger partial charge >= 0.3 is 5.97 Å². The van der Waals surface area contributed by atoms with E-state index in [9.17, 15) is 23.1 Å². The number of esters is 1. The van der Waals surface area contributed by atoms with Gasteiger partial charge in [-0.05, 0) is 48.4 Å². The number of phenolic OH excluding ortho intramolecular Hbond substituents is 1. The number of halogens is 1. The summed E-state index contributed by atoms with van der Waals surface area (Å²) in [6.45, 7) is -0.0795. The molecule has 0 radical (unpaired) electrons. The molecule has 2 N–H and O–H groups in total. The first kappa shape index (κ1) is 22.6. The van der Waals surface area contributed by atoms with E-state index in [0.717, 1.165) is 29.4 Å². The third-order valence-corrected chi connectivity index (χ3v) is 6.82. The molecule has 3 aromatic rings. The number of nitrogens with one attached hydrogen (secondary N) is 1. The second-order valence-electron chi connectivity index (χ2n) is 7.26. The molecule has 1 amide bonds. The average molecular weight is 487 g/mol. The lowest BCUT2D eigenvalue weighted by atomic mass is 10.2. The van der Waals surface area contributed by atoms with Crippen molar-refractivity contribution in [3.63, 3.8) is 0 Å². The zero-order valence-corrected chi connectivity index (χ0v) is 18.8. The van der Waals surface area contributed by atoms with Gasteiger partial charge in [-0.3, -0.25) is 9.52 Å². The first-order valence-electron chi connectivity index (χ1n) is 9.92. The number of carbonyl (C=O) groups excluding carboxylic acids is 2. The molecular weight excluding hydrogens is 468 g/mol. The summed E-state index contributed by atoms with van der Waals surface area (Å²) in [5.74, 6) is -1.92. The molecule has 0 unspecified atom stereocenters. The van der Waals surface area contributed by atoms with Crippen LogP contribution >= 0.6 is 11.6 Å². The Bertz CT molecular complexity index is 1340. The van der Waals surface area contributed by atoms with E-state index in [1.54, 1.807) is 12.1 Å². The number of ether oxygens (including phenoxy) is 1. The zero-order valence-electron chi connectivity index (χ0n) is 17.2. The van der Waals surface area contributed by atoms with E-state index in [2.05, 4.69) is 4.72 Å². The van der Waals surface area contributed by atoms with Crippen molar-refractivity contribution in [1.82, 2.24) is 0 Å². The van der Waals surface area contributed by atoms with Crippen molar-refractivity contribution in [2.45, 2.75) is 11.3 Å². The molecule has 0 aliphatic carbocycles. The number of hydrogen-bond acceptors (Lipinski definition) is 6. The molecule has 0 spiro atoms. The number of anilines is 2. The topological polar surface area (TPSA) is 113 Å². The Kier molecular flexibility index (Phi) is 6.26. The van der Waals surface area contributed by atoms with E-state index in [1.807, 2.05) is 24.3 Å². The molecule has 0 saturated heterocycles. The molecule has 170 valence electrons. The summed E-state index contributed by atoms with van der Waals surface area (Å²) >= 11 is 6.00. The molecule has 0 bridgehead atoms. The molecule has 8 nitrogen and oxygen atoms in total. The van der Waals surface area contributed by atoms with Gasteiger partial charge < -0.3 is 14.7 Å². The normalized spacial score (nSPS) is 12.8. The van der Waals surface area contributed by atoms with Gasteiger partial charge in [0.05, 0.1) is 15.6 Å². The van der Waals surface area contributed by atoms with Crippen LogP contribution in [0.15, 0.2) is 71.6 Å². The lowest BCUT2D eigenvalue weighted by molar-refractivity contribution is -0.121. The quantitative estimate of drug-likeness (QED) is 0.515. The monoisotopic (exact) mass is 486 g/mol. The number of hydrogen-bond donors (Lipinski definition) is 2. The predicted molar refractivity (Wildman–Crippen MR) is 123 cm³/mol. The summed E-state index contributed by atoms with van der Waals surface area (Å²) in [7, 11) is -4.11. The molecule has 0 aromatic heterocycles. The van der Waals surface area contributed by atoms with Crippen molar-refractivity contribution in [3.8, 4) is 5.75 Å². The maximum absolute atomic E-state index is 12.7. The van der Waals surface area contributed by atoms with Gasteiger partial charge in [0.15, 0.2) is 6.61 Å². The molecule has 3 aromatic carbocycles. The summed E-state index contributed by atoms with van der Waals surface area (Å²) in [5.41, 5.74) is 1.57. The number of rotatable bonds is 6. The number of carbonyl (C=O) groups is 2. The van der Waals surface area contributed by atoms with Crippen molar-refractivity contribution >= 4 is 44.9 Å². The molecular formula is C23H19ClN2O6S. The van der Waals surface area contributed by atoms with Gasteiger partial charge in [-0.2, -0.15) is 0 Å². The van der Waals surface area contributed by atoms with Gasteiger partial charge in [0.1, 0.15) is 11.3 Å². The fourth-order valence-electron chi connectivity index (χ4n) is 3.47. The highest BCUT2D eigenvalue weighted by atomic mass is 35.5. The number of sulfonamides is 1. The van der Waals surface area contributed by atoms with Gasteiger partial charge in [-0.25, -0.2) is 13.2 Å².